The lowest BCUT2D eigenvalue weighted by molar-refractivity contribution is 0.0698. The van der Waals surface area contributed by atoms with Crippen LogP contribution in [0.15, 0.2) is 53.0 Å². The molecule has 3 aromatic rings. The van der Waals surface area contributed by atoms with Crippen molar-refractivity contribution < 1.29 is 9.90 Å². The van der Waals surface area contributed by atoms with Crippen LogP contribution in [-0.4, -0.2) is 16.1 Å². The van der Waals surface area contributed by atoms with Gasteiger partial charge in [-0.3, -0.25) is 0 Å². The lowest BCUT2D eigenvalue weighted by Crippen LogP contribution is -2.07. The van der Waals surface area contributed by atoms with Crippen molar-refractivity contribution >= 4 is 32.8 Å². The van der Waals surface area contributed by atoms with Crippen LogP contribution in [0.1, 0.15) is 22.8 Å². The maximum absolute atomic E-state index is 11.8. The number of hydrogen-bond acceptors (Lipinski definition) is 2. The van der Waals surface area contributed by atoms with Crippen LogP contribution in [0.4, 0.5) is 0 Å². The topological polar surface area (TPSA) is 50.2 Å². The summed E-state index contributed by atoms with van der Waals surface area (Å²) in [6.07, 6.45) is 0.612. The van der Waals surface area contributed by atoms with Crippen LogP contribution in [0.5, 0.6) is 0 Å². The minimum Gasteiger partial charge on any atom is -0.478 e. The number of rotatable bonds is 3. The zero-order valence-electron chi connectivity index (χ0n) is 12.0. The van der Waals surface area contributed by atoms with E-state index in [2.05, 4.69) is 15.9 Å². The SMILES string of the molecule is CCc1c(-c2ccccc2)nc2ccc(Br)cc2c1C(=O)O. The van der Waals surface area contributed by atoms with Crippen molar-refractivity contribution in [3.05, 3.63) is 64.1 Å². The number of halogens is 1. The van der Waals surface area contributed by atoms with Crippen LogP contribution in [0, 0.1) is 0 Å². The molecular weight excluding hydrogens is 342 g/mol. The molecule has 0 aliphatic heterocycles. The summed E-state index contributed by atoms with van der Waals surface area (Å²) in [5.74, 6) is -0.917. The van der Waals surface area contributed by atoms with Gasteiger partial charge in [-0.25, -0.2) is 9.78 Å². The first kappa shape index (κ1) is 14.7. The molecule has 0 aliphatic carbocycles. The van der Waals surface area contributed by atoms with Crippen molar-refractivity contribution in [3.8, 4) is 11.3 Å². The van der Waals surface area contributed by atoms with Crippen LogP contribution >= 0.6 is 15.9 Å². The van der Waals surface area contributed by atoms with Crippen molar-refractivity contribution in [2.45, 2.75) is 13.3 Å². The Labute approximate surface area is 136 Å². The standard InChI is InChI=1S/C18H14BrNO2/c1-2-13-16(18(21)22)14-10-12(19)8-9-15(14)20-17(13)11-6-4-3-5-7-11/h3-10H,2H2,1H3,(H,21,22). The normalized spacial score (nSPS) is 10.8. The van der Waals surface area contributed by atoms with E-state index in [9.17, 15) is 9.90 Å². The summed E-state index contributed by atoms with van der Waals surface area (Å²) in [4.78, 5) is 16.6. The van der Waals surface area contributed by atoms with Crippen molar-refractivity contribution in [1.82, 2.24) is 4.98 Å². The molecule has 1 aromatic heterocycles. The first-order valence-electron chi connectivity index (χ1n) is 7.02. The molecule has 4 heteroatoms. The van der Waals surface area contributed by atoms with Gasteiger partial charge in [0.1, 0.15) is 0 Å². The number of benzene rings is 2. The number of carboxylic acid groups (broad SMARTS) is 1. The van der Waals surface area contributed by atoms with E-state index in [0.29, 0.717) is 22.9 Å². The second-order valence-electron chi connectivity index (χ2n) is 5.00. The number of nitrogens with zero attached hydrogens (tertiary/aromatic N) is 1. The fourth-order valence-electron chi connectivity index (χ4n) is 2.70. The molecule has 2 aromatic carbocycles. The van der Waals surface area contributed by atoms with E-state index >= 15 is 0 Å². The maximum Gasteiger partial charge on any atom is 0.336 e. The number of hydrogen-bond donors (Lipinski definition) is 1. The third-order valence-corrected chi connectivity index (χ3v) is 4.16. The number of aromatic carboxylic acids is 1. The molecule has 3 rings (SSSR count). The second kappa shape index (κ2) is 5.89. The molecule has 0 saturated heterocycles. The number of pyridine rings is 1. The van der Waals surface area contributed by atoms with Gasteiger partial charge in [-0.2, -0.15) is 0 Å². The highest BCUT2D eigenvalue weighted by Crippen LogP contribution is 2.32. The summed E-state index contributed by atoms with van der Waals surface area (Å²) in [5, 5.41) is 10.4. The Balaban J connectivity index is 2.44. The van der Waals surface area contributed by atoms with Crippen LogP contribution < -0.4 is 0 Å². The molecule has 0 saturated carbocycles. The van der Waals surface area contributed by atoms with Crippen LogP contribution in [-0.2, 0) is 6.42 Å². The fourth-order valence-corrected chi connectivity index (χ4v) is 3.06. The largest absolute Gasteiger partial charge is 0.478 e. The molecule has 3 nitrogen and oxygen atoms in total. The molecule has 22 heavy (non-hydrogen) atoms. The van der Waals surface area contributed by atoms with Crippen LogP contribution in [0.2, 0.25) is 0 Å². The summed E-state index contributed by atoms with van der Waals surface area (Å²) in [7, 11) is 0. The fraction of sp³-hybridized carbons (Fsp3) is 0.111. The van der Waals surface area contributed by atoms with E-state index in [1.165, 1.54) is 0 Å². The molecule has 0 atom stereocenters. The van der Waals surface area contributed by atoms with Crippen molar-refractivity contribution in [2.75, 3.05) is 0 Å². The molecule has 0 aliphatic rings. The average Bonchev–Trinajstić information content (AvgIpc) is 2.53. The molecule has 1 N–H and O–H groups in total. The predicted octanol–water partition coefficient (Wildman–Crippen LogP) is 4.92. The van der Waals surface area contributed by atoms with Gasteiger partial charge in [-0.1, -0.05) is 53.2 Å². The van der Waals surface area contributed by atoms with Crippen LogP contribution in [0.3, 0.4) is 0 Å². The van der Waals surface area contributed by atoms with Gasteiger partial charge in [0.05, 0.1) is 16.8 Å². The Kier molecular flexibility index (Phi) is 3.94. The number of fused-ring (bicyclic) bond motifs is 1. The van der Waals surface area contributed by atoms with Gasteiger partial charge in [0.2, 0.25) is 0 Å². The molecule has 0 amide bonds. The lowest BCUT2D eigenvalue weighted by Gasteiger charge is -2.14. The number of carbonyl (C=O) groups is 1. The highest BCUT2D eigenvalue weighted by atomic mass is 79.9. The summed E-state index contributed by atoms with van der Waals surface area (Å²) in [6.45, 7) is 1.96. The van der Waals surface area contributed by atoms with Crippen LogP contribution in [0.25, 0.3) is 22.2 Å². The highest BCUT2D eigenvalue weighted by Gasteiger charge is 2.20. The first-order chi connectivity index (χ1) is 10.6. The van der Waals surface area contributed by atoms with E-state index < -0.39 is 5.97 Å². The molecular formula is C18H14BrNO2. The van der Waals surface area contributed by atoms with Crippen molar-refractivity contribution in [2.24, 2.45) is 0 Å². The van der Waals surface area contributed by atoms with Gasteiger partial charge in [-0.05, 0) is 30.2 Å². The first-order valence-corrected chi connectivity index (χ1v) is 7.82. The molecule has 0 fully saturated rings. The third-order valence-electron chi connectivity index (χ3n) is 3.66. The molecule has 110 valence electrons. The molecule has 0 spiro atoms. The Morgan fingerprint density at radius 1 is 1.18 bits per heavy atom. The molecule has 1 heterocycles. The van der Waals surface area contributed by atoms with E-state index in [1.54, 1.807) is 0 Å². The second-order valence-corrected chi connectivity index (χ2v) is 5.92. The summed E-state index contributed by atoms with van der Waals surface area (Å²) >= 11 is 3.40. The molecule has 0 unspecified atom stereocenters. The summed E-state index contributed by atoms with van der Waals surface area (Å²) in [5.41, 5.74) is 3.48. The Morgan fingerprint density at radius 2 is 1.91 bits per heavy atom. The quantitative estimate of drug-likeness (QED) is 0.724. The van der Waals surface area contributed by atoms with Crippen molar-refractivity contribution in [3.63, 3.8) is 0 Å². The Bertz CT molecular complexity index is 860. The Hall–Kier alpha value is -2.20. The minimum atomic E-state index is -0.917. The zero-order chi connectivity index (χ0) is 15.7. The van der Waals surface area contributed by atoms with Gasteiger partial charge in [-0.15, -0.1) is 0 Å². The van der Waals surface area contributed by atoms with Gasteiger partial charge >= 0.3 is 5.97 Å². The van der Waals surface area contributed by atoms with E-state index in [4.69, 9.17) is 4.98 Å². The molecule has 0 radical (unpaired) electrons. The van der Waals surface area contributed by atoms with E-state index in [1.807, 2.05) is 55.5 Å². The van der Waals surface area contributed by atoms with E-state index in [-0.39, 0.29) is 0 Å². The lowest BCUT2D eigenvalue weighted by atomic mass is 9.95. The maximum atomic E-state index is 11.8. The summed E-state index contributed by atoms with van der Waals surface area (Å²) < 4.78 is 0.846. The van der Waals surface area contributed by atoms with Gasteiger partial charge in [0.25, 0.3) is 0 Å². The smallest absolute Gasteiger partial charge is 0.336 e. The number of carboxylic acids is 1. The third kappa shape index (κ3) is 2.50. The van der Waals surface area contributed by atoms with Gasteiger partial charge < -0.3 is 5.11 Å². The van der Waals surface area contributed by atoms with Gasteiger partial charge in [0, 0.05) is 15.4 Å². The number of aromatic nitrogens is 1. The average molecular weight is 356 g/mol. The minimum absolute atomic E-state index is 0.340. The van der Waals surface area contributed by atoms with Crippen molar-refractivity contribution in [1.29, 1.82) is 0 Å². The molecule has 0 bridgehead atoms. The predicted molar refractivity (Wildman–Crippen MR) is 91.2 cm³/mol. The summed E-state index contributed by atoms with van der Waals surface area (Å²) in [6, 6.07) is 15.3. The van der Waals surface area contributed by atoms with E-state index in [0.717, 1.165) is 21.3 Å². The zero-order valence-corrected chi connectivity index (χ0v) is 13.6. The monoisotopic (exact) mass is 355 g/mol. The Morgan fingerprint density at radius 3 is 2.55 bits per heavy atom. The van der Waals surface area contributed by atoms with Gasteiger partial charge in [0.15, 0.2) is 0 Å². The highest BCUT2D eigenvalue weighted by molar-refractivity contribution is 9.10.